The number of hydrogen-bond acceptors (Lipinski definition) is 5. The largest absolute Gasteiger partial charge is 0.368 e. The number of carbonyl (C=O) groups excluding carboxylic acids is 1. The lowest BCUT2D eigenvalue weighted by molar-refractivity contribution is -0.124. The molecule has 2 unspecified atom stereocenters. The second-order valence-corrected chi connectivity index (χ2v) is 7.94. The number of nitrogens with one attached hydrogen (secondary N) is 1. The highest BCUT2D eigenvalue weighted by Crippen LogP contribution is 2.33. The Labute approximate surface area is 114 Å². The maximum Gasteiger partial charge on any atom is 0.237 e. The van der Waals surface area contributed by atoms with Gasteiger partial charge in [0.15, 0.2) is 9.84 Å². The highest BCUT2D eigenvalue weighted by molar-refractivity contribution is 7.91. The van der Waals surface area contributed by atoms with E-state index in [9.17, 15) is 13.2 Å². The van der Waals surface area contributed by atoms with Crippen molar-refractivity contribution in [3.63, 3.8) is 0 Å². The van der Waals surface area contributed by atoms with Gasteiger partial charge in [-0.05, 0) is 39.3 Å². The Morgan fingerprint density at radius 3 is 2.68 bits per heavy atom. The average molecular weight is 289 g/mol. The molecule has 0 bridgehead atoms. The Morgan fingerprint density at radius 2 is 2.11 bits per heavy atom. The van der Waals surface area contributed by atoms with E-state index in [-0.39, 0.29) is 23.5 Å². The third-order valence-electron chi connectivity index (χ3n) is 4.55. The van der Waals surface area contributed by atoms with Gasteiger partial charge in [-0.2, -0.15) is 0 Å². The summed E-state index contributed by atoms with van der Waals surface area (Å²) in [5.41, 5.74) is 4.88. The Balaban J connectivity index is 2.03. The van der Waals surface area contributed by atoms with Crippen LogP contribution in [0.3, 0.4) is 0 Å². The van der Waals surface area contributed by atoms with Crippen molar-refractivity contribution in [2.45, 2.75) is 37.3 Å². The molecule has 1 amide bonds. The summed E-state index contributed by atoms with van der Waals surface area (Å²) in [6.45, 7) is 1.37. The van der Waals surface area contributed by atoms with E-state index in [1.54, 1.807) is 7.05 Å². The van der Waals surface area contributed by atoms with Crippen LogP contribution in [0, 0.1) is 0 Å². The molecule has 0 aromatic heterocycles. The zero-order chi connectivity index (χ0) is 14.1. The molecule has 2 rings (SSSR count). The Morgan fingerprint density at radius 1 is 1.37 bits per heavy atom. The summed E-state index contributed by atoms with van der Waals surface area (Å²) in [6, 6.07) is 0.258. The molecule has 110 valence electrons. The third-order valence-corrected chi connectivity index (χ3v) is 6.26. The van der Waals surface area contributed by atoms with Gasteiger partial charge in [0.2, 0.25) is 5.91 Å². The van der Waals surface area contributed by atoms with Crippen molar-refractivity contribution in [2.75, 3.05) is 31.6 Å². The number of nitrogens with zero attached hydrogens (tertiary/aromatic N) is 1. The fraction of sp³-hybridized carbons (Fsp3) is 0.917. The number of amides is 1. The molecule has 2 aliphatic rings. The van der Waals surface area contributed by atoms with Gasteiger partial charge in [-0.1, -0.05) is 0 Å². The summed E-state index contributed by atoms with van der Waals surface area (Å²) in [5.74, 6) is 0.204. The number of likely N-dealkylation sites (N-methyl/N-ethyl adjacent to an activating group) is 1. The maximum absolute atomic E-state index is 11.6. The van der Waals surface area contributed by atoms with E-state index in [4.69, 9.17) is 5.73 Å². The summed E-state index contributed by atoms with van der Waals surface area (Å²) in [6.07, 6.45) is 2.98. The molecule has 0 aromatic rings. The topological polar surface area (TPSA) is 92.5 Å². The molecular formula is C12H23N3O3S. The fourth-order valence-corrected chi connectivity index (χ4v) is 4.51. The zero-order valence-electron chi connectivity index (χ0n) is 11.4. The van der Waals surface area contributed by atoms with E-state index in [1.165, 1.54) is 0 Å². The van der Waals surface area contributed by atoms with Crippen LogP contribution in [-0.4, -0.2) is 62.4 Å². The van der Waals surface area contributed by atoms with E-state index < -0.39 is 15.4 Å². The van der Waals surface area contributed by atoms with Gasteiger partial charge in [0.25, 0.3) is 0 Å². The number of hydrogen-bond donors (Lipinski definition) is 2. The first-order valence-electron chi connectivity index (χ1n) is 6.82. The number of sulfone groups is 1. The standard InChI is InChI=1S/C12H23N3O3S/c1-14-12(11(13)16)4-3-10(9-12)15-5-2-7-19(17,18)8-6-15/h10,14H,2-9H2,1H3,(H2,13,16). The van der Waals surface area contributed by atoms with Crippen molar-refractivity contribution in [3.05, 3.63) is 0 Å². The van der Waals surface area contributed by atoms with Crippen LogP contribution in [-0.2, 0) is 14.6 Å². The molecule has 3 N–H and O–H groups in total. The van der Waals surface area contributed by atoms with E-state index >= 15 is 0 Å². The van der Waals surface area contributed by atoms with Crippen LogP contribution in [0.1, 0.15) is 25.7 Å². The first-order valence-corrected chi connectivity index (χ1v) is 8.64. The SMILES string of the molecule is CNC1(C(N)=O)CCC(N2CCCS(=O)(=O)CC2)C1. The summed E-state index contributed by atoms with van der Waals surface area (Å²) in [5, 5.41) is 3.06. The molecule has 1 aliphatic carbocycles. The second kappa shape index (κ2) is 5.38. The van der Waals surface area contributed by atoms with Crippen LogP contribution < -0.4 is 11.1 Å². The highest BCUT2D eigenvalue weighted by Gasteiger charge is 2.44. The minimum Gasteiger partial charge on any atom is -0.368 e. The average Bonchev–Trinajstić information content (AvgIpc) is 2.71. The molecule has 1 heterocycles. The normalized spacial score (nSPS) is 35.9. The summed E-state index contributed by atoms with van der Waals surface area (Å²) < 4.78 is 23.2. The molecule has 0 radical (unpaired) electrons. The molecular weight excluding hydrogens is 266 g/mol. The molecule has 7 heteroatoms. The Hall–Kier alpha value is -0.660. The monoisotopic (exact) mass is 289 g/mol. The Kier molecular flexibility index (Phi) is 4.17. The Bertz CT molecular complexity index is 451. The van der Waals surface area contributed by atoms with Gasteiger partial charge in [-0.15, -0.1) is 0 Å². The summed E-state index contributed by atoms with van der Waals surface area (Å²) in [4.78, 5) is 13.8. The number of rotatable bonds is 3. The van der Waals surface area contributed by atoms with Crippen molar-refractivity contribution in [3.8, 4) is 0 Å². The van der Waals surface area contributed by atoms with Gasteiger partial charge in [0, 0.05) is 12.6 Å². The van der Waals surface area contributed by atoms with Crippen molar-refractivity contribution < 1.29 is 13.2 Å². The van der Waals surface area contributed by atoms with Gasteiger partial charge >= 0.3 is 0 Å². The maximum atomic E-state index is 11.6. The van der Waals surface area contributed by atoms with Crippen LogP contribution in [0.25, 0.3) is 0 Å². The van der Waals surface area contributed by atoms with E-state index in [0.29, 0.717) is 19.4 Å². The van der Waals surface area contributed by atoms with Gasteiger partial charge < -0.3 is 11.1 Å². The first-order chi connectivity index (χ1) is 8.88. The van der Waals surface area contributed by atoms with Crippen LogP contribution >= 0.6 is 0 Å². The van der Waals surface area contributed by atoms with Crippen molar-refractivity contribution in [1.29, 1.82) is 0 Å². The van der Waals surface area contributed by atoms with E-state index in [0.717, 1.165) is 19.4 Å². The molecule has 6 nitrogen and oxygen atoms in total. The number of primary amides is 1. The number of nitrogens with two attached hydrogens (primary N) is 1. The quantitative estimate of drug-likeness (QED) is 0.702. The molecule has 1 aliphatic heterocycles. The van der Waals surface area contributed by atoms with Crippen LogP contribution in [0.5, 0.6) is 0 Å². The summed E-state index contributed by atoms with van der Waals surface area (Å²) >= 11 is 0. The molecule has 1 saturated carbocycles. The molecule has 0 spiro atoms. The van der Waals surface area contributed by atoms with Gasteiger partial charge in [-0.3, -0.25) is 9.69 Å². The first kappa shape index (κ1) is 14.7. The smallest absolute Gasteiger partial charge is 0.237 e. The predicted molar refractivity (Wildman–Crippen MR) is 73.5 cm³/mol. The molecule has 1 saturated heterocycles. The van der Waals surface area contributed by atoms with E-state index in [1.807, 2.05) is 0 Å². The lowest BCUT2D eigenvalue weighted by atomic mass is 9.96. The minimum absolute atomic E-state index is 0.229. The van der Waals surface area contributed by atoms with Crippen LogP contribution in [0.2, 0.25) is 0 Å². The lowest BCUT2D eigenvalue weighted by Gasteiger charge is -2.29. The molecule has 2 fully saturated rings. The van der Waals surface area contributed by atoms with Crippen molar-refractivity contribution in [1.82, 2.24) is 10.2 Å². The lowest BCUT2D eigenvalue weighted by Crippen LogP contribution is -2.53. The van der Waals surface area contributed by atoms with Crippen molar-refractivity contribution in [2.24, 2.45) is 5.73 Å². The predicted octanol–water partition coefficient (Wildman–Crippen LogP) is -0.897. The minimum atomic E-state index is -2.88. The van der Waals surface area contributed by atoms with Crippen LogP contribution in [0.15, 0.2) is 0 Å². The second-order valence-electron chi connectivity index (χ2n) is 5.63. The fourth-order valence-electron chi connectivity index (χ4n) is 3.23. The number of carbonyl (C=O) groups is 1. The van der Waals surface area contributed by atoms with Crippen LogP contribution in [0.4, 0.5) is 0 Å². The molecule has 19 heavy (non-hydrogen) atoms. The van der Waals surface area contributed by atoms with Gasteiger partial charge in [-0.25, -0.2) is 8.42 Å². The third kappa shape index (κ3) is 3.09. The highest BCUT2D eigenvalue weighted by atomic mass is 32.2. The molecule has 0 aromatic carbocycles. The zero-order valence-corrected chi connectivity index (χ0v) is 12.2. The summed E-state index contributed by atoms with van der Waals surface area (Å²) in [7, 11) is -1.12. The van der Waals surface area contributed by atoms with E-state index in [2.05, 4.69) is 10.2 Å². The molecule has 2 atom stereocenters. The van der Waals surface area contributed by atoms with Gasteiger partial charge in [0.1, 0.15) is 0 Å². The van der Waals surface area contributed by atoms with Crippen molar-refractivity contribution >= 4 is 15.7 Å². The van der Waals surface area contributed by atoms with Gasteiger partial charge in [0.05, 0.1) is 17.0 Å².